The number of rotatable bonds is 6. The summed E-state index contributed by atoms with van der Waals surface area (Å²) < 4.78 is 0. The Morgan fingerprint density at radius 2 is 2.14 bits per heavy atom. The number of carbonyl (C=O) groups is 2. The van der Waals surface area contributed by atoms with Crippen LogP contribution in [0.4, 0.5) is 0 Å². The van der Waals surface area contributed by atoms with Gasteiger partial charge in [0.2, 0.25) is 5.91 Å². The largest absolute Gasteiger partial charge is 0.359 e. The third-order valence-electron chi connectivity index (χ3n) is 3.34. The van der Waals surface area contributed by atoms with Crippen molar-refractivity contribution in [1.29, 1.82) is 0 Å². The summed E-state index contributed by atoms with van der Waals surface area (Å²) in [6.45, 7) is 0. The van der Waals surface area contributed by atoms with Crippen molar-refractivity contribution in [2.75, 3.05) is 7.05 Å². The zero-order valence-corrected chi connectivity index (χ0v) is 13.2. The van der Waals surface area contributed by atoms with Crippen LogP contribution in [0.2, 0.25) is 0 Å². The van der Waals surface area contributed by atoms with Gasteiger partial charge in [-0.05, 0) is 18.8 Å². The summed E-state index contributed by atoms with van der Waals surface area (Å²) in [4.78, 5) is 33.5. The minimum absolute atomic E-state index is 0.0421. The second kappa shape index (κ2) is 6.03. The van der Waals surface area contributed by atoms with Crippen molar-refractivity contribution in [3.63, 3.8) is 0 Å². The highest BCUT2D eigenvalue weighted by Crippen LogP contribution is 2.46. The Kier molecular flexibility index (Phi) is 4.12. The molecule has 2 aromatic heterocycles. The molecule has 5 nitrogen and oxygen atoms in total. The molecule has 0 spiro atoms. The molecule has 0 saturated heterocycles. The van der Waals surface area contributed by atoms with Crippen LogP contribution in [0.3, 0.4) is 0 Å². The van der Waals surface area contributed by atoms with Gasteiger partial charge in [0, 0.05) is 36.3 Å². The van der Waals surface area contributed by atoms with E-state index in [-0.39, 0.29) is 24.5 Å². The molecule has 0 aliphatic heterocycles. The van der Waals surface area contributed by atoms with E-state index < -0.39 is 0 Å². The van der Waals surface area contributed by atoms with Gasteiger partial charge in [-0.25, -0.2) is 9.97 Å². The van der Waals surface area contributed by atoms with Crippen LogP contribution in [0, 0.1) is 0 Å². The number of nitrogens with one attached hydrogen (secondary N) is 1. The maximum Gasteiger partial charge on any atom is 0.220 e. The molecule has 3 rings (SSSR count). The number of nitrogens with zero attached hydrogens (tertiary/aromatic N) is 2. The topological polar surface area (TPSA) is 72.0 Å². The van der Waals surface area contributed by atoms with Gasteiger partial charge in [0.25, 0.3) is 0 Å². The number of Topliss-reactive ketones (excluding diaryl/α,β-unsaturated/α-hetero) is 1. The summed E-state index contributed by atoms with van der Waals surface area (Å²) in [6, 6.07) is 0. The minimum Gasteiger partial charge on any atom is -0.359 e. The van der Waals surface area contributed by atoms with Gasteiger partial charge in [0.15, 0.2) is 15.8 Å². The summed E-state index contributed by atoms with van der Waals surface area (Å²) in [7, 11) is 1.58. The lowest BCUT2D eigenvalue weighted by Gasteiger charge is -2.00. The van der Waals surface area contributed by atoms with Crippen molar-refractivity contribution in [3.8, 4) is 10.0 Å². The minimum atomic E-state index is -0.119. The number of carbonyl (C=O) groups excluding carboxylic acids is 2. The Morgan fingerprint density at radius 3 is 2.76 bits per heavy atom. The molecule has 2 aromatic rings. The molecule has 110 valence electrons. The lowest BCUT2D eigenvalue weighted by atomic mass is 10.1. The number of thiazole rings is 2. The van der Waals surface area contributed by atoms with Gasteiger partial charge in [0.05, 0.1) is 0 Å². The van der Waals surface area contributed by atoms with E-state index in [1.54, 1.807) is 24.6 Å². The summed E-state index contributed by atoms with van der Waals surface area (Å²) in [5.41, 5.74) is 0.552. The van der Waals surface area contributed by atoms with Crippen LogP contribution < -0.4 is 5.32 Å². The highest BCUT2D eigenvalue weighted by atomic mass is 32.1. The zero-order valence-electron chi connectivity index (χ0n) is 11.6. The molecule has 1 aliphatic rings. The molecule has 7 heteroatoms. The van der Waals surface area contributed by atoms with Crippen molar-refractivity contribution in [3.05, 3.63) is 22.1 Å². The molecule has 1 aliphatic carbocycles. The Balaban J connectivity index is 1.83. The molecule has 1 N–H and O–H groups in total. The van der Waals surface area contributed by atoms with Crippen LogP contribution in [-0.2, 0) is 4.79 Å². The van der Waals surface area contributed by atoms with E-state index in [1.807, 2.05) is 5.38 Å². The van der Waals surface area contributed by atoms with Gasteiger partial charge in [-0.15, -0.1) is 22.7 Å². The number of ketones is 1. The Hall–Kier alpha value is -1.60. The van der Waals surface area contributed by atoms with E-state index in [4.69, 9.17) is 0 Å². The number of aromatic nitrogens is 2. The second-order valence-corrected chi connectivity index (χ2v) is 6.86. The van der Waals surface area contributed by atoms with E-state index >= 15 is 0 Å². The van der Waals surface area contributed by atoms with Crippen LogP contribution in [0.15, 0.2) is 11.6 Å². The number of amides is 1. The van der Waals surface area contributed by atoms with E-state index in [0.717, 1.165) is 27.7 Å². The summed E-state index contributed by atoms with van der Waals surface area (Å²) in [5.74, 6) is 0.307. The van der Waals surface area contributed by atoms with Crippen LogP contribution in [-0.4, -0.2) is 28.7 Å². The average molecular weight is 321 g/mol. The van der Waals surface area contributed by atoms with E-state index in [2.05, 4.69) is 15.3 Å². The van der Waals surface area contributed by atoms with Crippen LogP contribution in [0.1, 0.15) is 47.0 Å². The molecular formula is C14H15N3O2S2. The highest BCUT2D eigenvalue weighted by molar-refractivity contribution is 7.20. The van der Waals surface area contributed by atoms with Crippen molar-refractivity contribution < 1.29 is 9.59 Å². The predicted molar refractivity (Wildman–Crippen MR) is 82.8 cm³/mol. The van der Waals surface area contributed by atoms with Gasteiger partial charge in [-0.1, -0.05) is 0 Å². The summed E-state index contributed by atoms with van der Waals surface area (Å²) >= 11 is 3.10. The number of hydrogen-bond acceptors (Lipinski definition) is 6. The van der Waals surface area contributed by atoms with Crippen LogP contribution >= 0.6 is 22.7 Å². The second-order valence-electron chi connectivity index (χ2n) is 4.94. The van der Waals surface area contributed by atoms with Crippen LogP contribution in [0.5, 0.6) is 0 Å². The third kappa shape index (κ3) is 3.19. The molecule has 1 amide bonds. The summed E-state index contributed by atoms with van der Waals surface area (Å²) in [5, 5.41) is 6.10. The molecule has 0 radical (unpaired) electrons. The highest BCUT2D eigenvalue weighted by Gasteiger charge is 2.32. The monoisotopic (exact) mass is 321 g/mol. The Bertz CT molecular complexity index is 660. The van der Waals surface area contributed by atoms with Crippen molar-refractivity contribution in [2.24, 2.45) is 0 Å². The SMILES string of the molecule is CNC(=O)CCC(=O)c1nc(-c2nccs2)sc1C1CC1. The first-order valence-electron chi connectivity index (χ1n) is 6.83. The predicted octanol–water partition coefficient (Wildman–Crippen LogP) is 2.85. The smallest absolute Gasteiger partial charge is 0.220 e. The quantitative estimate of drug-likeness (QED) is 0.830. The molecule has 0 aromatic carbocycles. The van der Waals surface area contributed by atoms with Gasteiger partial charge < -0.3 is 5.32 Å². The van der Waals surface area contributed by atoms with Crippen molar-refractivity contribution in [2.45, 2.75) is 31.6 Å². The molecule has 0 atom stereocenters. The van der Waals surface area contributed by atoms with Gasteiger partial charge >= 0.3 is 0 Å². The Morgan fingerprint density at radius 1 is 1.33 bits per heavy atom. The maximum absolute atomic E-state index is 12.3. The first kappa shape index (κ1) is 14.3. The lowest BCUT2D eigenvalue weighted by molar-refractivity contribution is -0.120. The van der Waals surface area contributed by atoms with E-state index in [0.29, 0.717) is 11.6 Å². The molecular weight excluding hydrogens is 306 g/mol. The third-order valence-corrected chi connectivity index (χ3v) is 5.47. The average Bonchev–Trinajstić information content (AvgIpc) is 3.03. The van der Waals surface area contributed by atoms with E-state index in [9.17, 15) is 9.59 Å². The van der Waals surface area contributed by atoms with Crippen molar-refractivity contribution >= 4 is 34.4 Å². The maximum atomic E-state index is 12.3. The van der Waals surface area contributed by atoms with Gasteiger partial charge in [-0.2, -0.15) is 0 Å². The van der Waals surface area contributed by atoms with E-state index in [1.165, 1.54) is 11.3 Å². The Labute approximate surface area is 130 Å². The molecule has 1 fully saturated rings. The zero-order chi connectivity index (χ0) is 14.8. The van der Waals surface area contributed by atoms with Gasteiger partial charge in [-0.3, -0.25) is 9.59 Å². The fourth-order valence-corrected chi connectivity index (χ4v) is 3.98. The molecule has 0 bridgehead atoms. The normalized spacial score (nSPS) is 14.1. The van der Waals surface area contributed by atoms with Gasteiger partial charge in [0.1, 0.15) is 5.69 Å². The lowest BCUT2D eigenvalue weighted by Crippen LogP contribution is -2.18. The molecule has 21 heavy (non-hydrogen) atoms. The summed E-state index contributed by atoms with van der Waals surface area (Å²) in [6.07, 6.45) is 4.40. The molecule has 2 heterocycles. The number of hydrogen-bond donors (Lipinski definition) is 1. The first-order chi connectivity index (χ1) is 10.2. The van der Waals surface area contributed by atoms with Crippen LogP contribution in [0.25, 0.3) is 10.0 Å². The van der Waals surface area contributed by atoms with Crippen molar-refractivity contribution in [1.82, 2.24) is 15.3 Å². The molecule has 1 saturated carbocycles. The fraction of sp³-hybridized carbons (Fsp3) is 0.429. The fourth-order valence-electron chi connectivity index (χ4n) is 2.04. The molecule has 0 unspecified atom stereocenters. The standard InChI is InChI=1S/C14H15N3O2S2/c1-15-10(19)5-4-9(18)11-12(8-2-3-8)21-14(17-11)13-16-6-7-20-13/h6-8H,2-5H2,1H3,(H,15,19). The first-order valence-corrected chi connectivity index (χ1v) is 8.53.